The van der Waals surface area contributed by atoms with Crippen LogP contribution < -0.4 is 5.32 Å². The molecule has 1 atom stereocenters. The zero-order valence-corrected chi connectivity index (χ0v) is 13.9. The third-order valence-corrected chi connectivity index (χ3v) is 4.31. The van der Waals surface area contributed by atoms with Gasteiger partial charge in [0.25, 0.3) is 5.91 Å². The highest BCUT2D eigenvalue weighted by molar-refractivity contribution is 7.83. The number of benzene rings is 2. The summed E-state index contributed by atoms with van der Waals surface area (Å²) in [5, 5.41) is 3.98. The minimum absolute atomic E-state index is 0.166. The lowest BCUT2D eigenvalue weighted by molar-refractivity contribution is 0.102. The van der Waals surface area contributed by atoms with Gasteiger partial charge in [-0.25, -0.2) is 0 Å². The van der Waals surface area contributed by atoms with Gasteiger partial charge in [-0.3, -0.25) is 9.00 Å². The van der Waals surface area contributed by atoms with Crippen molar-refractivity contribution in [1.82, 2.24) is 4.98 Å². The molecule has 3 aromatic rings. The van der Waals surface area contributed by atoms with Crippen LogP contribution in [0.1, 0.15) is 21.6 Å². The second-order valence-corrected chi connectivity index (χ2v) is 7.06. The van der Waals surface area contributed by atoms with Crippen LogP contribution in [-0.4, -0.2) is 21.4 Å². The van der Waals surface area contributed by atoms with Crippen LogP contribution in [0.4, 0.5) is 5.69 Å². The Bertz CT molecular complexity index is 899. The van der Waals surface area contributed by atoms with Crippen LogP contribution in [0.25, 0.3) is 10.9 Å². The number of aryl methyl sites for hydroxylation is 1. The topological polar surface area (TPSA) is 62.0 Å². The van der Waals surface area contributed by atoms with E-state index >= 15 is 0 Å². The molecule has 0 aliphatic heterocycles. The molecule has 0 saturated carbocycles. The van der Waals surface area contributed by atoms with E-state index < -0.39 is 10.8 Å². The molecule has 0 saturated heterocycles. The van der Waals surface area contributed by atoms with E-state index in [-0.39, 0.29) is 5.91 Å². The van der Waals surface area contributed by atoms with Crippen LogP contribution in [0.3, 0.4) is 0 Å². The normalized spacial score (nSPS) is 12.3. The van der Waals surface area contributed by atoms with E-state index in [0.717, 1.165) is 27.8 Å². The monoisotopic (exact) mass is 326 g/mol. The van der Waals surface area contributed by atoms with Gasteiger partial charge in [0.1, 0.15) is 0 Å². The molecule has 118 valence electrons. The van der Waals surface area contributed by atoms with E-state index in [1.807, 2.05) is 43.3 Å². The molecule has 0 fully saturated rings. The highest BCUT2D eigenvalue weighted by atomic mass is 32.2. The summed E-state index contributed by atoms with van der Waals surface area (Å²) < 4.78 is 11.3. The second kappa shape index (κ2) is 6.38. The van der Waals surface area contributed by atoms with E-state index in [4.69, 9.17) is 0 Å². The first-order chi connectivity index (χ1) is 11.0. The van der Waals surface area contributed by atoms with Gasteiger partial charge in [-0.1, -0.05) is 12.1 Å². The Morgan fingerprint density at radius 1 is 1.17 bits per heavy atom. The Balaban J connectivity index is 1.81. The van der Waals surface area contributed by atoms with E-state index in [1.165, 1.54) is 0 Å². The van der Waals surface area contributed by atoms with Gasteiger partial charge in [0, 0.05) is 50.7 Å². The number of anilines is 1. The predicted molar refractivity (Wildman–Crippen MR) is 95.2 cm³/mol. The third kappa shape index (κ3) is 3.68. The van der Waals surface area contributed by atoms with E-state index in [9.17, 15) is 9.00 Å². The number of hydrogen-bond acceptors (Lipinski definition) is 2. The fourth-order valence-corrected chi connectivity index (χ4v) is 3.24. The molecule has 0 aliphatic rings. The maximum absolute atomic E-state index is 12.4. The fourth-order valence-electron chi connectivity index (χ4n) is 2.60. The van der Waals surface area contributed by atoms with Gasteiger partial charge in [0.05, 0.1) is 0 Å². The number of aromatic nitrogens is 1. The number of carbonyl (C=O) groups is 1. The van der Waals surface area contributed by atoms with Crippen molar-refractivity contribution in [3.8, 4) is 0 Å². The molecule has 5 heteroatoms. The van der Waals surface area contributed by atoms with Gasteiger partial charge >= 0.3 is 0 Å². The molecule has 0 spiro atoms. The molecule has 0 unspecified atom stereocenters. The minimum atomic E-state index is -0.925. The van der Waals surface area contributed by atoms with Crippen molar-refractivity contribution < 1.29 is 9.00 Å². The lowest BCUT2D eigenvalue weighted by atomic mass is 10.1. The van der Waals surface area contributed by atoms with Crippen LogP contribution in [0.5, 0.6) is 0 Å². The Labute approximate surface area is 137 Å². The highest BCUT2D eigenvalue weighted by Crippen LogP contribution is 2.20. The Hall–Kier alpha value is -2.40. The first-order valence-corrected chi connectivity index (χ1v) is 9.04. The quantitative estimate of drug-likeness (QED) is 0.769. The number of fused-ring (bicyclic) bond motifs is 1. The zero-order valence-electron chi connectivity index (χ0n) is 13.1. The molecule has 2 N–H and O–H groups in total. The van der Waals surface area contributed by atoms with Gasteiger partial charge in [0.15, 0.2) is 0 Å². The zero-order chi connectivity index (χ0) is 16.4. The maximum Gasteiger partial charge on any atom is 0.255 e. The molecule has 4 nitrogen and oxygen atoms in total. The lowest BCUT2D eigenvalue weighted by Gasteiger charge is -2.07. The summed E-state index contributed by atoms with van der Waals surface area (Å²) in [6.45, 7) is 2.00. The number of carbonyl (C=O) groups excluding carboxylic acids is 1. The average Bonchev–Trinajstić information content (AvgIpc) is 2.86. The van der Waals surface area contributed by atoms with Crippen molar-refractivity contribution in [2.75, 3.05) is 11.6 Å². The summed E-state index contributed by atoms with van der Waals surface area (Å²) in [5.41, 5.74) is 4.36. The minimum Gasteiger partial charge on any atom is -0.359 e. The summed E-state index contributed by atoms with van der Waals surface area (Å²) in [4.78, 5) is 15.7. The molecule has 3 rings (SSSR count). The molecule has 1 heterocycles. The van der Waals surface area contributed by atoms with Crippen molar-refractivity contribution in [2.24, 2.45) is 0 Å². The molecule has 23 heavy (non-hydrogen) atoms. The molecule has 1 amide bonds. The van der Waals surface area contributed by atoms with Crippen molar-refractivity contribution in [3.05, 3.63) is 65.4 Å². The third-order valence-electron chi connectivity index (χ3n) is 3.57. The Kier molecular flexibility index (Phi) is 4.30. The van der Waals surface area contributed by atoms with Crippen molar-refractivity contribution in [1.29, 1.82) is 0 Å². The largest absolute Gasteiger partial charge is 0.359 e. The SMILES string of the molecule is Cc1cc2cc(NC(=O)c3cccc(C[S@](C)=O)c3)ccc2[nH]1. The van der Waals surface area contributed by atoms with Gasteiger partial charge in [-0.05, 0) is 48.9 Å². The number of hydrogen-bond donors (Lipinski definition) is 2. The number of aromatic amines is 1. The van der Waals surface area contributed by atoms with Crippen LogP contribution in [0.2, 0.25) is 0 Å². The summed E-state index contributed by atoms with van der Waals surface area (Å²) in [7, 11) is -0.925. The van der Waals surface area contributed by atoms with Gasteiger partial charge in [0.2, 0.25) is 0 Å². The van der Waals surface area contributed by atoms with E-state index in [0.29, 0.717) is 11.3 Å². The van der Waals surface area contributed by atoms with Gasteiger partial charge < -0.3 is 10.3 Å². The first kappa shape index (κ1) is 15.5. The number of amides is 1. The molecule has 1 aromatic heterocycles. The van der Waals surface area contributed by atoms with E-state index in [2.05, 4.69) is 10.3 Å². The second-order valence-electron chi connectivity index (χ2n) is 5.63. The molecule has 0 bridgehead atoms. The molecular formula is C18H18N2O2S. The highest BCUT2D eigenvalue weighted by Gasteiger charge is 2.08. The fraction of sp³-hybridized carbons (Fsp3) is 0.167. The van der Waals surface area contributed by atoms with Gasteiger partial charge in [-0.15, -0.1) is 0 Å². The molecular weight excluding hydrogens is 308 g/mol. The summed E-state index contributed by atoms with van der Waals surface area (Å²) in [5.74, 6) is 0.288. The number of nitrogens with one attached hydrogen (secondary N) is 2. The van der Waals surface area contributed by atoms with Gasteiger partial charge in [-0.2, -0.15) is 0 Å². The van der Waals surface area contributed by atoms with Crippen LogP contribution in [0.15, 0.2) is 48.5 Å². The van der Waals surface area contributed by atoms with Crippen molar-refractivity contribution in [2.45, 2.75) is 12.7 Å². The average molecular weight is 326 g/mol. The smallest absolute Gasteiger partial charge is 0.255 e. The van der Waals surface area contributed by atoms with Crippen LogP contribution in [-0.2, 0) is 16.6 Å². The molecule has 0 aliphatic carbocycles. The maximum atomic E-state index is 12.4. The first-order valence-electron chi connectivity index (χ1n) is 7.31. The summed E-state index contributed by atoms with van der Waals surface area (Å²) >= 11 is 0. The number of rotatable bonds is 4. The lowest BCUT2D eigenvalue weighted by Crippen LogP contribution is -2.12. The number of H-pyrrole nitrogens is 1. The van der Waals surface area contributed by atoms with Crippen molar-refractivity contribution >= 4 is 33.3 Å². The summed E-state index contributed by atoms with van der Waals surface area (Å²) in [6.07, 6.45) is 1.65. The van der Waals surface area contributed by atoms with Crippen molar-refractivity contribution in [3.63, 3.8) is 0 Å². The van der Waals surface area contributed by atoms with E-state index in [1.54, 1.807) is 18.4 Å². The standard InChI is InChI=1S/C18H18N2O2S/c1-12-8-15-10-16(6-7-17(15)19-12)20-18(21)14-5-3-4-13(9-14)11-23(2)22/h3-10,19H,11H2,1-2H3,(H,20,21)/t23-/m0/s1. The molecule has 0 radical (unpaired) electrons. The summed E-state index contributed by atoms with van der Waals surface area (Å²) in [6, 6.07) is 15.1. The Morgan fingerprint density at radius 2 is 2.00 bits per heavy atom. The van der Waals surface area contributed by atoms with Crippen LogP contribution in [0, 0.1) is 6.92 Å². The molecule has 2 aromatic carbocycles. The Morgan fingerprint density at radius 3 is 2.78 bits per heavy atom. The van der Waals surface area contributed by atoms with Crippen LogP contribution >= 0.6 is 0 Å². The predicted octanol–water partition coefficient (Wildman–Crippen LogP) is 3.61.